The van der Waals surface area contributed by atoms with E-state index < -0.39 is 0 Å². The molecule has 1 aromatic carbocycles. The number of thiophene rings is 1. The zero-order chi connectivity index (χ0) is 47.4. The second-order valence-corrected chi connectivity index (χ2v) is 28.8. The van der Waals surface area contributed by atoms with E-state index in [1.165, 1.54) is 71.8 Å². The number of benzene rings is 1. The van der Waals surface area contributed by atoms with E-state index in [4.69, 9.17) is 4.42 Å². The van der Waals surface area contributed by atoms with E-state index in [1.807, 2.05) is 0 Å². The molecule has 0 radical (unpaired) electrons. The minimum absolute atomic E-state index is 0.154. The van der Waals surface area contributed by atoms with Crippen LogP contribution in [0.15, 0.2) is 104 Å². The van der Waals surface area contributed by atoms with Gasteiger partial charge in [0.05, 0.1) is 16.7 Å². The Hall–Kier alpha value is -3.96. The molecule has 0 N–H and O–H groups in total. The summed E-state index contributed by atoms with van der Waals surface area (Å²) in [7, 11) is 0. The highest BCUT2D eigenvalue weighted by Gasteiger charge is 2.57. The van der Waals surface area contributed by atoms with Crippen molar-refractivity contribution in [3.63, 3.8) is 0 Å². The second kappa shape index (κ2) is 14.1. The van der Waals surface area contributed by atoms with Gasteiger partial charge in [-0.25, -0.2) is 0 Å². The summed E-state index contributed by atoms with van der Waals surface area (Å²) in [4.78, 5) is 7.36. The van der Waals surface area contributed by atoms with Crippen LogP contribution in [0.1, 0.15) is 165 Å². The Morgan fingerprint density at radius 2 is 1.37 bits per heavy atom. The summed E-state index contributed by atoms with van der Waals surface area (Å²) in [5.74, 6) is 2.08. The monoisotopic (exact) mass is 921 g/mol. The van der Waals surface area contributed by atoms with Crippen molar-refractivity contribution >= 4 is 57.3 Å². The van der Waals surface area contributed by atoms with Crippen molar-refractivity contribution in [3.8, 4) is 0 Å². The Morgan fingerprint density at radius 1 is 0.706 bits per heavy atom. The predicted molar refractivity (Wildman–Crippen MR) is 289 cm³/mol. The first-order chi connectivity index (χ1) is 32.1. The third-order valence-electron chi connectivity index (χ3n) is 20.9. The number of allylic oxidation sites excluding steroid dienone is 9. The molecule has 0 spiro atoms. The quantitative estimate of drug-likeness (QED) is 0.239. The van der Waals surface area contributed by atoms with Gasteiger partial charge < -0.3 is 14.2 Å². The summed E-state index contributed by atoms with van der Waals surface area (Å²) < 4.78 is 7.10. The Balaban J connectivity index is 1.12. The van der Waals surface area contributed by atoms with Crippen molar-refractivity contribution in [3.05, 3.63) is 120 Å². The van der Waals surface area contributed by atoms with Gasteiger partial charge in [-0.1, -0.05) is 142 Å². The summed E-state index contributed by atoms with van der Waals surface area (Å²) in [6.45, 7) is 33.5. The average molecular weight is 921 g/mol. The summed E-state index contributed by atoms with van der Waals surface area (Å²) in [6.07, 6.45) is 31.7. The van der Waals surface area contributed by atoms with Crippen LogP contribution in [-0.4, -0.2) is 17.7 Å². The minimum Gasteiger partial charge on any atom is -0.454 e. The van der Waals surface area contributed by atoms with Gasteiger partial charge in [-0.05, 0) is 180 Å². The van der Waals surface area contributed by atoms with Gasteiger partial charge in [0.2, 0.25) is 6.71 Å². The number of furan rings is 1. The molecule has 10 aliphatic rings. The van der Waals surface area contributed by atoms with Crippen molar-refractivity contribution in [1.82, 2.24) is 4.90 Å². The molecular weight excluding hydrogens is 844 g/mol. The zero-order valence-electron chi connectivity index (χ0n) is 43.8. The minimum atomic E-state index is 0.154. The SMILES string of the molecule is CC1=CC2=C3B(C4=C(CC5C(=C4)C(C)(C)CCC5(C)C)N2C2=c4oc5ccccc5c4=CCC2)c2c(sc4c2CC2C(=C4)C(C)(C)CCC2(C)C)N(C2=CC4C(C=C2)C(C)(C)CCC4(C)C)C3C1. The van der Waals surface area contributed by atoms with Gasteiger partial charge in [-0.15, -0.1) is 11.3 Å². The topological polar surface area (TPSA) is 19.6 Å². The number of para-hydroxylation sites is 1. The second-order valence-electron chi connectivity index (χ2n) is 27.7. The molecule has 13 rings (SSSR count). The Bertz CT molecular complexity index is 3120. The predicted octanol–water partition coefficient (Wildman–Crippen LogP) is 14.7. The van der Waals surface area contributed by atoms with Gasteiger partial charge in [-0.3, -0.25) is 0 Å². The van der Waals surface area contributed by atoms with E-state index in [0.717, 1.165) is 43.1 Å². The normalized spacial score (nSPS) is 31.7. The lowest BCUT2D eigenvalue weighted by Crippen LogP contribution is -2.59. The molecule has 2 aromatic heterocycles. The molecule has 68 heavy (non-hydrogen) atoms. The maximum atomic E-state index is 7.10. The number of hydrogen-bond donors (Lipinski definition) is 0. The molecule has 3 nitrogen and oxygen atoms in total. The van der Waals surface area contributed by atoms with Crippen LogP contribution in [0.3, 0.4) is 0 Å². The first-order valence-electron chi connectivity index (χ1n) is 27.0. The Kier molecular flexibility index (Phi) is 9.15. The number of nitrogens with zero attached hydrogens (tertiary/aromatic N) is 2. The van der Waals surface area contributed by atoms with E-state index in [2.05, 4.69) is 178 Å². The molecule has 3 saturated carbocycles. The van der Waals surface area contributed by atoms with E-state index in [1.54, 1.807) is 48.7 Å². The molecule has 8 aliphatic carbocycles. The molecule has 0 saturated heterocycles. The highest BCUT2D eigenvalue weighted by molar-refractivity contribution is 7.20. The van der Waals surface area contributed by atoms with E-state index >= 15 is 0 Å². The molecule has 5 unspecified atom stereocenters. The first kappa shape index (κ1) is 44.0. The summed E-state index contributed by atoms with van der Waals surface area (Å²) in [5, 5.41) is 4.08. The first-order valence-corrected chi connectivity index (χ1v) is 27.8. The number of anilines is 1. The molecule has 2 aliphatic heterocycles. The van der Waals surface area contributed by atoms with Crippen LogP contribution >= 0.6 is 11.3 Å². The Labute approximate surface area is 412 Å². The van der Waals surface area contributed by atoms with Crippen molar-refractivity contribution in [1.29, 1.82) is 0 Å². The van der Waals surface area contributed by atoms with Gasteiger partial charge in [0.25, 0.3) is 0 Å². The van der Waals surface area contributed by atoms with Crippen molar-refractivity contribution in [2.45, 2.75) is 167 Å². The lowest BCUT2D eigenvalue weighted by atomic mass is 9.29. The maximum Gasteiger partial charge on any atom is 0.248 e. The molecular formula is C63H77BN2OS. The molecule has 3 fully saturated rings. The number of fused-ring (bicyclic) bond motifs is 11. The number of rotatable bonds is 2. The van der Waals surface area contributed by atoms with Crippen LogP contribution in [0.5, 0.6) is 0 Å². The molecule has 4 heterocycles. The van der Waals surface area contributed by atoms with E-state index in [0.29, 0.717) is 23.7 Å². The lowest BCUT2D eigenvalue weighted by Gasteiger charge is -2.56. The van der Waals surface area contributed by atoms with Gasteiger partial charge in [-0.2, -0.15) is 0 Å². The lowest BCUT2D eigenvalue weighted by molar-refractivity contribution is 0.0326. The molecule has 5 heteroatoms. The van der Waals surface area contributed by atoms with Crippen LogP contribution in [0.2, 0.25) is 0 Å². The third kappa shape index (κ3) is 6.08. The fourth-order valence-electron chi connectivity index (χ4n) is 16.2. The molecule has 0 bridgehead atoms. The third-order valence-corrected chi connectivity index (χ3v) is 22.1. The smallest absolute Gasteiger partial charge is 0.248 e. The fraction of sp³-hybridized carbons (Fsp3) is 0.556. The molecule has 5 atom stereocenters. The summed E-state index contributed by atoms with van der Waals surface area (Å²) in [6, 6.07) is 9.00. The van der Waals surface area contributed by atoms with Crippen LogP contribution in [0.25, 0.3) is 28.8 Å². The van der Waals surface area contributed by atoms with Gasteiger partial charge in [0.1, 0.15) is 5.58 Å². The maximum absolute atomic E-state index is 7.10. The van der Waals surface area contributed by atoms with Gasteiger partial charge in [0.15, 0.2) is 5.42 Å². The van der Waals surface area contributed by atoms with Crippen LogP contribution in [-0.2, 0) is 6.42 Å². The van der Waals surface area contributed by atoms with Gasteiger partial charge in [0, 0.05) is 32.6 Å². The number of hydrogen-bond acceptors (Lipinski definition) is 4. The molecule has 3 aromatic rings. The van der Waals surface area contributed by atoms with Crippen LogP contribution < -0.4 is 21.0 Å². The summed E-state index contributed by atoms with van der Waals surface area (Å²) >= 11 is 2.16. The standard InChI is InChI=1S/C63H77BN2OS/c1-36-29-50-55-51(30-36)66(48-19-16-18-39-38-17-14-15-20-52(38)67-56(39)48)49-34-45-44(61(8,9)26-27-62(45,10)11)33-47(49)64(55)54-40-32-43-46(63(12,13)28-25-60(43,6)7)35-53(40)68-57(54)65(50)37-21-22-41-42(31-37)59(4,5)24-23-58(41,2)3/h14-15,17-18,20-22,30-31,33,35,41-43,45,50H,16,19,23-29,32,34H2,1-13H3. The van der Waals surface area contributed by atoms with Crippen LogP contribution in [0.4, 0.5) is 5.00 Å². The molecule has 0 amide bonds. The van der Waals surface area contributed by atoms with Crippen molar-refractivity contribution < 1.29 is 4.42 Å². The average Bonchev–Trinajstić information content (AvgIpc) is 3.86. The largest absolute Gasteiger partial charge is 0.454 e. The zero-order valence-corrected chi connectivity index (χ0v) is 44.6. The fourth-order valence-corrected chi connectivity index (χ4v) is 17.6. The molecule has 354 valence electrons. The summed E-state index contributed by atoms with van der Waals surface area (Å²) in [5.41, 5.74) is 20.7. The Morgan fingerprint density at radius 3 is 2.10 bits per heavy atom. The van der Waals surface area contributed by atoms with E-state index in [9.17, 15) is 0 Å². The highest BCUT2D eigenvalue weighted by Crippen LogP contribution is 2.63. The van der Waals surface area contributed by atoms with Crippen molar-refractivity contribution in [2.24, 2.45) is 56.2 Å². The van der Waals surface area contributed by atoms with Gasteiger partial charge >= 0.3 is 0 Å². The van der Waals surface area contributed by atoms with Crippen LogP contribution in [0, 0.1) is 56.2 Å². The van der Waals surface area contributed by atoms with Crippen molar-refractivity contribution in [2.75, 3.05) is 4.90 Å². The van der Waals surface area contributed by atoms with E-state index in [-0.39, 0.29) is 45.2 Å². The highest BCUT2D eigenvalue weighted by atomic mass is 32.1.